The number of nitrogens with one attached hydrogen (secondary N) is 1. The fraction of sp³-hybridized carbons (Fsp3) is 0.200. The molecular formula is C20H18FN5O3. The van der Waals surface area contributed by atoms with Crippen molar-refractivity contribution < 1.29 is 19.1 Å². The van der Waals surface area contributed by atoms with Gasteiger partial charge in [0.25, 0.3) is 5.91 Å². The first-order valence-corrected chi connectivity index (χ1v) is 9.06. The predicted molar refractivity (Wildman–Crippen MR) is 103 cm³/mol. The van der Waals surface area contributed by atoms with Crippen molar-refractivity contribution in [3.63, 3.8) is 0 Å². The molecule has 2 N–H and O–H groups in total. The minimum atomic E-state index is -0.993. The lowest BCUT2D eigenvalue weighted by Gasteiger charge is -2.32. The molecule has 0 saturated carbocycles. The minimum absolute atomic E-state index is 0.235. The van der Waals surface area contributed by atoms with Gasteiger partial charge in [0.1, 0.15) is 5.82 Å². The van der Waals surface area contributed by atoms with E-state index in [1.165, 1.54) is 17.0 Å². The molecule has 3 aromatic rings. The zero-order valence-electron chi connectivity index (χ0n) is 15.4. The summed E-state index contributed by atoms with van der Waals surface area (Å²) in [6.07, 6.45) is 2.25. The number of hydrogen-bond acceptors (Lipinski definition) is 4. The summed E-state index contributed by atoms with van der Waals surface area (Å²) in [6, 6.07) is 9.48. The molecule has 9 heteroatoms. The molecule has 1 aliphatic rings. The predicted octanol–water partition coefficient (Wildman–Crippen LogP) is 2.71. The van der Waals surface area contributed by atoms with Crippen molar-refractivity contribution in [2.24, 2.45) is 0 Å². The number of halogens is 1. The molecule has 4 rings (SSSR count). The van der Waals surface area contributed by atoms with Crippen LogP contribution in [0.2, 0.25) is 0 Å². The molecule has 0 spiro atoms. The van der Waals surface area contributed by atoms with Gasteiger partial charge in [0.15, 0.2) is 5.69 Å². The molecule has 1 fully saturated rings. The number of aromatic nitrogens is 3. The third-order valence-corrected chi connectivity index (χ3v) is 4.91. The number of rotatable bonds is 3. The highest BCUT2D eigenvalue weighted by molar-refractivity contribution is 6.02. The highest BCUT2D eigenvalue weighted by Gasteiger charge is 2.29. The maximum atomic E-state index is 13.3. The number of H-pyrrole nitrogens is 1. The van der Waals surface area contributed by atoms with Gasteiger partial charge in [0, 0.05) is 49.7 Å². The topological polar surface area (TPSA) is 102 Å². The maximum Gasteiger partial charge on any atom is 0.407 e. The number of carbonyl (C=O) groups is 2. The average Bonchev–Trinajstić information content (AvgIpc) is 3.19. The van der Waals surface area contributed by atoms with E-state index in [9.17, 15) is 14.0 Å². The lowest BCUT2D eigenvalue weighted by atomic mass is 9.99. The molecule has 0 unspecified atom stereocenters. The molecule has 148 valence electrons. The van der Waals surface area contributed by atoms with E-state index in [0.29, 0.717) is 29.9 Å². The Kier molecular flexibility index (Phi) is 4.94. The van der Waals surface area contributed by atoms with E-state index in [1.807, 2.05) is 0 Å². The second kappa shape index (κ2) is 7.70. The molecule has 8 nitrogen and oxygen atoms in total. The van der Waals surface area contributed by atoms with Crippen molar-refractivity contribution in [1.82, 2.24) is 25.0 Å². The van der Waals surface area contributed by atoms with Gasteiger partial charge in [-0.25, -0.2) is 9.18 Å². The van der Waals surface area contributed by atoms with Gasteiger partial charge in [-0.15, -0.1) is 0 Å². The Morgan fingerprint density at radius 1 is 0.931 bits per heavy atom. The van der Waals surface area contributed by atoms with E-state index in [1.54, 1.807) is 41.6 Å². The van der Waals surface area contributed by atoms with E-state index >= 15 is 0 Å². The molecule has 3 heterocycles. The molecule has 0 bridgehead atoms. The number of hydrogen-bond donors (Lipinski definition) is 2. The van der Waals surface area contributed by atoms with Gasteiger partial charge in [-0.05, 0) is 42.0 Å². The molecular weight excluding hydrogens is 377 g/mol. The van der Waals surface area contributed by atoms with Crippen LogP contribution in [0.3, 0.4) is 0 Å². The summed E-state index contributed by atoms with van der Waals surface area (Å²) in [6.45, 7) is 1.08. The number of aromatic amines is 1. The van der Waals surface area contributed by atoms with Gasteiger partial charge >= 0.3 is 6.09 Å². The molecule has 0 aliphatic carbocycles. The summed E-state index contributed by atoms with van der Waals surface area (Å²) >= 11 is 0. The summed E-state index contributed by atoms with van der Waals surface area (Å²) in [5.74, 6) is -0.641. The highest BCUT2D eigenvalue weighted by Crippen LogP contribution is 2.33. The van der Waals surface area contributed by atoms with Crippen molar-refractivity contribution in [1.29, 1.82) is 0 Å². The van der Waals surface area contributed by atoms with Gasteiger partial charge in [0.2, 0.25) is 0 Å². The van der Waals surface area contributed by atoms with E-state index in [0.717, 1.165) is 5.56 Å². The molecule has 1 aliphatic heterocycles. The van der Waals surface area contributed by atoms with E-state index < -0.39 is 6.09 Å². The third kappa shape index (κ3) is 3.66. The van der Waals surface area contributed by atoms with Gasteiger partial charge in [-0.3, -0.25) is 14.9 Å². The Bertz CT molecular complexity index is 1030. The number of piperazine rings is 1. The van der Waals surface area contributed by atoms with Crippen LogP contribution in [0.1, 0.15) is 10.5 Å². The summed E-state index contributed by atoms with van der Waals surface area (Å²) in [7, 11) is 0. The Morgan fingerprint density at radius 2 is 1.55 bits per heavy atom. The Labute approximate surface area is 165 Å². The van der Waals surface area contributed by atoms with Crippen LogP contribution in [0.15, 0.2) is 48.8 Å². The SMILES string of the molecule is O=C(O)N1CCN(C(=O)c2n[nH]c(-c3ccc(F)cc3)c2-c2ccncc2)CC1. The first kappa shape index (κ1) is 18.6. The quantitative estimate of drug-likeness (QED) is 0.710. The summed E-state index contributed by atoms with van der Waals surface area (Å²) < 4.78 is 13.3. The van der Waals surface area contributed by atoms with Crippen LogP contribution in [-0.4, -0.2) is 68.3 Å². The fourth-order valence-electron chi connectivity index (χ4n) is 3.37. The number of pyridine rings is 1. The largest absolute Gasteiger partial charge is 0.465 e. The van der Waals surface area contributed by atoms with Crippen LogP contribution < -0.4 is 0 Å². The Morgan fingerprint density at radius 3 is 2.17 bits per heavy atom. The number of amides is 2. The van der Waals surface area contributed by atoms with E-state index in [4.69, 9.17) is 5.11 Å². The minimum Gasteiger partial charge on any atom is -0.465 e. The van der Waals surface area contributed by atoms with Crippen LogP contribution in [0.4, 0.5) is 9.18 Å². The van der Waals surface area contributed by atoms with Crippen LogP contribution in [0.5, 0.6) is 0 Å². The van der Waals surface area contributed by atoms with Crippen molar-refractivity contribution in [3.05, 3.63) is 60.3 Å². The second-order valence-corrected chi connectivity index (χ2v) is 6.63. The standard InChI is InChI=1S/C20H18FN5O3/c21-15-3-1-14(2-4-15)17-16(13-5-7-22-8-6-13)18(24-23-17)19(27)25-9-11-26(12-10-25)20(28)29/h1-8H,9-12H2,(H,23,24)(H,28,29). The molecule has 0 radical (unpaired) electrons. The number of nitrogens with zero attached hydrogens (tertiary/aromatic N) is 4. The zero-order chi connectivity index (χ0) is 20.4. The van der Waals surface area contributed by atoms with Crippen molar-refractivity contribution in [3.8, 4) is 22.4 Å². The number of carbonyl (C=O) groups excluding carboxylic acids is 1. The number of benzene rings is 1. The summed E-state index contributed by atoms with van der Waals surface area (Å²) in [5, 5.41) is 16.3. The van der Waals surface area contributed by atoms with E-state index in [2.05, 4.69) is 15.2 Å². The maximum absolute atomic E-state index is 13.3. The normalized spacial score (nSPS) is 14.1. The van der Waals surface area contributed by atoms with Crippen LogP contribution in [0.25, 0.3) is 22.4 Å². The van der Waals surface area contributed by atoms with Crippen molar-refractivity contribution >= 4 is 12.0 Å². The lowest BCUT2D eigenvalue weighted by Crippen LogP contribution is -2.50. The van der Waals surface area contributed by atoms with Crippen LogP contribution in [0, 0.1) is 5.82 Å². The fourth-order valence-corrected chi connectivity index (χ4v) is 3.37. The first-order chi connectivity index (χ1) is 14.0. The molecule has 1 saturated heterocycles. The van der Waals surface area contributed by atoms with E-state index in [-0.39, 0.29) is 30.5 Å². The zero-order valence-corrected chi connectivity index (χ0v) is 15.4. The van der Waals surface area contributed by atoms with Gasteiger partial charge in [-0.2, -0.15) is 5.10 Å². The summed E-state index contributed by atoms with van der Waals surface area (Å²) in [4.78, 5) is 31.2. The van der Waals surface area contributed by atoms with Crippen molar-refractivity contribution in [2.45, 2.75) is 0 Å². The van der Waals surface area contributed by atoms with Crippen molar-refractivity contribution in [2.75, 3.05) is 26.2 Å². The molecule has 29 heavy (non-hydrogen) atoms. The summed E-state index contributed by atoms with van der Waals surface area (Å²) in [5.41, 5.74) is 2.88. The number of carboxylic acid groups (broad SMARTS) is 1. The third-order valence-electron chi connectivity index (χ3n) is 4.91. The van der Waals surface area contributed by atoms with Crippen LogP contribution in [-0.2, 0) is 0 Å². The Balaban J connectivity index is 1.71. The molecule has 2 amide bonds. The van der Waals surface area contributed by atoms with Gasteiger partial charge in [0.05, 0.1) is 5.69 Å². The van der Waals surface area contributed by atoms with Gasteiger partial charge < -0.3 is 14.9 Å². The highest BCUT2D eigenvalue weighted by atomic mass is 19.1. The molecule has 2 aromatic heterocycles. The second-order valence-electron chi connectivity index (χ2n) is 6.63. The Hall–Kier alpha value is -3.75. The molecule has 0 atom stereocenters. The smallest absolute Gasteiger partial charge is 0.407 e. The monoisotopic (exact) mass is 395 g/mol. The lowest BCUT2D eigenvalue weighted by molar-refractivity contribution is 0.0620. The molecule has 1 aromatic carbocycles. The van der Waals surface area contributed by atoms with Crippen LogP contribution >= 0.6 is 0 Å². The average molecular weight is 395 g/mol. The van der Waals surface area contributed by atoms with Gasteiger partial charge in [-0.1, -0.05) is 0 Å². The first-order valence-electron chi connectivity index (χ1n) is 9.06.